The highest BCUT2D eigenvalue weighted by atomic mass is 35.5. The number of nitrogens with two attached hydrogens (primary N) is 1. The van der Waals surface area contributed by atoms with Gasteiger partial charge in [-0.25, -0.2) is 4.98 Å². The third-order valence-electron chi connectivity index (χ3n) is 2.26. The minimum absolute atomic E-state index is 0.367. The van der Waals surface area contributed by atoms with E-state index in [-0.39, 0.29) is 6.04 Å². The molecule has 1 aromatic carbocycles. The van der Waals surface area contributed by atoms with Crippen LogP contribution in [0.4, 0.5) is 0 Å². The number of methoxy groups -OCH3 is 1. The zero-order chi connectivity index (χ0) is 11.5. The lowest BCUT2D eigenvalue weighted by Crippen LogP contribution is -2.13. The lowest BCUT2D eigenvalue weighted by Gasteiger charge is -2.11. The van der Waals surface area contributed by atoms with Gasteiger partial charge in [-0.15, -0.1) is 0 Å². The van der Waals surface area contributed by atoms with E-state index in [4.69, 9.17) is 22.1 Å². The van der Waals surface area contributed by atoms with Crippen LogP contribution in [0.2, 0.25) is 5.02 Å². The minimum Gasteiger partial charge on any atom is -0.495 e. The number of aromatic nitrogens is 3. The maximum Gasteiger partial charge on any atom is 0.145 e. The Kier molecular flexibility index (Phi) is 3.07. The molecule has 1 unspecified atom stereocenters. The highest BCUT2D eigenvalue weighted by Crippen LogP contribution is 2.28. The van der Waals surface area contributed by atoms with E-state index in [0.29, 0.717) is 16.6 Å². The molecule has 2 aromatic rings. The van der Waals surface area contributed by atoms with E-state index in [0.717, 1.165) is 5.56 Å². The van der Waals surface area contributed by atoms with Gasteiger partial charge >= 0.3 is 0 Å². The molecular weight excluding hydrogens is 228 g/mol. The molecule has 6 heteroatoms. The summed E-state index contributed by atoms with van der Waals surface area (Å²) in [6.07, 6.45) is 1.42. The average molecular weight is 239 g/mol. The molecule has 0 fully saturated rings. The third-order valence-corrected chi connectivity index (χ3v) is 2.57. The Morgan fingerprint density at radius 3 is 2.94 bits per heavy atom. The second kappa shape index (κ2) is 4.51. The highest BCUT2D eigenvalue weighted by Gasteiger charge is 2.13. The van der Waals surface area contributed by atoms with Crippen LogP contribution in [0.25, 0.3) is 0 Å². The minimum atomic E-state index is -0.367. The topological polar surface area (TPSA) is 76.8 Å². The predicted molar refractivity (Wildman–Crippen MR) is 60.4 cm³/mol. The summed E-state index contributed by atoms with van der Waals surface area (Å²) in [5.74, 6) is 1.19. The zero-order valence-corrected chi connectivity index (χ0v) is 9.40. The molecular formula is C10H11ClN4O. The van der Waals surface area contributed by atoms with Gasteiger partial charge in [-0.3, -0.25) is 5.10 Å². The fourth-order valence-electron chi connectivity index (χ4n) is 1.39. The van der Waals surface area contributed by atoms with E-state index in [1.165, 1.54) is 6.33 Å². The van der Waals surface area contributed by atoms with Gasteiger partial charge in [-0.05, 0) is 17.7 Å². The van der Waals surface area contributed by atoms with Crippen LogP contribution in [0.3, 0.4) is 0 Å². The van der Waals surface area contributed by atoms with Crippen molar-refractivity contribution in [2.45, 2.75) is 6.04 Å². The maximum atomic E-state index is 6.00. The van der Waals surface area contributed by atoms with Crippen molar-refractivity contribution in [1.82, 2.24) is 15.2 Å². The number of H-pyrrole nitrogens is 1. The van der Waals surface area contributed by atoms with Gasteiger partial charge in [0.15, 0.2) is 0 Å². The monoisotopic (exact) mass is 238 g/mol. The molecule has 84 valence electrons. The van der Waals surface area contributed by atoms with Crippen LogP contribution in [0.5, 0.6) is 5.75 Å². The first kappa shape index (κ1) is 10.9. The maximum absolute atomic E-state index is 6.00. The summed E-state index contributed by atoms with van der Waals surface area (Å²) in [5.41, 5.74) is 6.86. The standard InChI is InChI=1S/C10H11ClN4O/c1-16-8-4-6(2-3-7(8)11)9(12)10-13-5-14-15-10/h2-5,9H,12H2,1H3,(H,13,14,15). The van der Waals surface area contributed by atoms with E-state index in [1.807, 2.05) is 6.07 Å². The first-order valence-corrected chi connectivity index (χ1v) is 5.04. The quantitative estimate of drug-likeness (QED) is 0.850. The molecule has 0 radical (unpaired) electrons. The van der Waals surface area contributed by atoms with E-state index >= 15 is 0 Å². The number of aromatic amines is 1. The van der Waals surface area contributed by atoms with E-state index < -0.39 is 0 Å². The van der Waals surface area contributed by atoms with Gasteiger partial charge < -0.3 is 10.5 Å². The molecule has 0 amide bonds. The molecule has 0 aliphatic heterocycles. The van der Waals surface area contributed by atoms with Crippen molar-refractivity contribution in [3.05, 3.63) is 40.9 Å². The molecule has 0 aliphatic carbocycles. The van der Waals surface area contributed by atoms with Gasteiger partial charge in [0.25, 0.3) is 0 Å². The Balaban J connectivity index is 2.34. The van der Waals surface area contributed by atoms with Gasteiger partial charge in [-0.1, -0.05) is 17.7 Å². The number of ether oxygens (including phenoxy) is 1. The fourth-order valence-corrected chi connectivity index (χ4v) is 1.59. The second-order valence-corrected chi connectivity index (χ2v) is 3.65. The van der Waals surface area contributed by atoms with Crippen molar-refractivity contribution in [3.63, 3.8) is 0 Å². The van der Waals surface area contributed by atoms with Crippen molar-refractivity contribution >= 4 is 11.6 Å². The van der Waals surface area contributed by atoms with Crippen molar-refractivity contribution in [1.29, 1.82) is 0 Å². The summed E-state index contributed by atoms with van der Waals surface area (Å²) in [5, 5.41) is 7.03. The second-order valence-electron chi connectivity index (χ2n) is 3.24. The number of nitrogens with one attached hydrogen (secondary N) is 1. The predicted octanol–water partition coefficient (Wildman–Crippen LogP) is 1.51. The van der Waals surface area contributed by atoms with Crippen LogP contribution < -0.4 is 10.5 Å². The molecule has 0 saturated carbocycles. The van der Waals surface area contributed by atoms with Crippen LogP contribution in [0, 0.1) is 0 Å². The molecule has 1 heterocycles. The molecule has 16 heavy (non-hydrogen) atoms. The Labute approximate surface area is 97.6 Å². The van der Waals surface area contributed by atoms with Crippen molar-refractivity contribution in [2.24, 2.45) is 5.73 Å². The Morgan fingerprint density at radius 1 is 1.50 bits per heavy atom. The van der Waals surface area contributed by atoms with Gasteiger partial charge in [0, 0.05) is 0 Å². The third kappa shape index (κ3) is 2.00. The van der Waals surface area contributed by atoms with Crippen LogP contribution in [-0.4, -0.2) is 22.3 Å². The summed E-state index contributed by atoms with van der Waals surface area (Å²) >= 11 is 5.92. The Bertz CT molecular complexity index is 472. The number of rotatable bonds is 3. The van der Waals surface area contributed by atoms with Gasteiger partial charge in [0.2, 0.25) is 0 Å². The summed E-state index contributed by atoms with van der Waals surface area (Å²) in [6.45, 7) is 0. The zero-order valence-electron chi connectivity index (χ0n) is 8.64. The smallest absolute Gasteiger partial charge is 0.145 e. The molecule has 0 aliphatic rings. The first-order valence-electron chi connectivity index (χ1n) is 4.66. The molecule has 0 bridgehead atoms. The molecule has 1 atom stereocenters. The molecule has 2 rings (SSSR count). The normalized spacial score (nSPS) is 12.4. The summed E-state index contributed by atoms with van der Waals surface area (Å²) in [6, 6.07) is 4.99. The molecule has 3 N–H and O–H groups in total. The van der Waals surface area contributed by atoms with Gasteiger partial charge in [0.1, 0.15) is 17.9 Å². The Morgan fingerprint density at radius 2 is 2.31 bits per heavy atom. The van der Waals surface area contributed by atoms with Crippen molar-refractivity contribution in [2.75, 3.05) is 7.11 Å². The highest BCUT2D eigenvalue weighted by molar-refractivity contribution is 6.32. The van der Waals surface area contributed by atoms with E-state index in [1.54, 1.807) is 19.2 Å². The number of halogens is 1. The summed E-state index contributed by atoms with van der Waals surface area (Å²) in [4.78, 5) is 4.00. The number of nitrogens with zero attached hydrogens (tertiary/aromatic N) is 2. The van der Waals surface area contributed by atoms with Gasteiger partial charge in [0.05, 0.1) is 18.2 Å². The fraction of sp³-hybridized carbons (Fsp3) is 0.200. The lowest BCUT2D eigenvalue weighted by atomic mass is 10.1. The average Bonchev–Trinajstić information content (AvgIpc) is 2.82. The molecule has 1 aromatic heterocycles. The molecule has 0 spiro atoms. The summed E-state index contributed by atoms with van der Waals surface area (Å²) < 4.78 is 5.12. The van der Waals surface area contributed by atoms with Crippen LogP contribution in [0.15, 0.2) is 24.5 Å². The van der Waals surface area contributed by atoms with Crippen LogP contribution in [-0.2, 0) is 0 Å². The number of hydrogen-bond donors (Lipinski definition) is 2. The largest absolute Gasteiger partial charge is 0.495 e. The number of benzene rings is 1. The summed E-state index contributed by atoms with van der Waals surface area (Å²) in [7, 11) is 1.56. The SMILES string of the molecule is COc1cc(C(N)c2ncn[nH]2)ccc1Cl. The van der Waals surface area contributed by atoms with Crippen LogP contribution >= 0.6 is 11.6 Å². The first-order chi connectivity index (χ1) is 7.72. The van der Waals surface area contributed by atoms with E-state index in [9.17, 15) is 0 Å². The van der Waals surface area contributed by atoms with Crippen molar-refractivity contribution < 1.29 is 4.74 Å². The molecule has 5 nitrogen and oxygen atoms in total. The van der Waals surface area contributed by atoms with Crippen LogP contribution in [0.1, 0.15) is 17.4 Å². The number of hydrogen-bond acceptors (Lipinski definition) is 4. The van der Waals surface area contributed by atoms with E-state index in [2.05, 4.69) is 15.2 Å². The van der Waals surface area contributed by atoms with Gasteiger partial charge in [-0.2, -0.15) is 5.10 Å². The lowest BCUT2D eigenvalue weighted by molar-refractivity contribution is 0.414. The molecule has 0 saturated heterocycles. The Hall–Kier alpha value is -1.59. The van der Waals surface area contributed by atoms with Crippen molar-refractivity contribution in [3.8, 4) is 5.75 Å².